The maximum Gasteiger partial charge on any atom is 0.134 e. The van der Waals surface area contributed by atoms with E-state index in [0.717, 1.165) is 11.3 Å². The van der Waals surface area contributed by atoms with Gasteiger partial charge in [0.05, 0.1) is 11.0 Å². The molecule has 0 N–H and O–H groups in total. The minimum absolute atomic E-state index is 0.171. The molecule has 1 aliphatic heterocycles. The van der Waals surface area contributed by atoms with Gasteiger partial charge in [0.2, 0.25) is 0 Å². The molecule has 58 heavy (non-hydrogen) atoms. The average molecular weight is 764 g/mol. The highest BCUT2D eigenvalue weighted by Crippen LogP contribution is 2.54. The molecule has 0 radical (unpaired) electrons. The van der Waals surface area contributed by atoms with Crippen LogP contribution < -0.4 is 0 Å². The summed E-state index contributed by atoms with van der Waals surface area (Å²) < 4.78 is 12.0. The Bertz CT molecular complexity index is 3300. The number of hydrogen-bond donors (Lipinski definition) is 0. The number of benzene rings is 7. The van der Waals surface area contributed by atoms with Gasteiger partial charge in [-0.05, 0) is 125 Å². The van der Waals surface area contributed by atoms with E-state index in [1.807, 2.05) is 11.3 Å². The van der Waals surface area contributed by atoms with Gasteiger partial charge in [0, 0.05) is 53.5 Å². The molecule has 2 nitrogen and oxygen atoms in total. The number of ether oxygens (including phenoxy) is 1. The topological polar surface area (TPSA) is 14.2 Å². The third-order valence-corrected chi connectivity index (χ3v) is 14.3. The summed E-state index contributed by atoms with van der Waals surface area (Å²) in [6.07, 6.45) is 9.03. The molecular weight excluding hydrogens is 723 g/mol. The first kappa shape index (κ1) is 33.7. The van der Waals surface area contributed by atoms with Gasteiger partial charge in [0.15, 0.2) is 0 Å². The molecule has 2 aliphatic carbocycles. The Kier molecular flexibility index (Phi) is 7.00. The Morgan fingerprint density at radius 2 is 1.22 bits per heavy atom. The van der Waals surface area contributed by atoms with E-state index in [0.29, 0.717) is 0 Å². The zero-order valence-corrected chi connectivity index (χ0v) is 33.8. The van der Waals surface area contributed by atoms with Crippen molar-refractivity contribution in [2.45, 2.75) is 38.7 Å². The summed E-state index contributed by atoms with van der Waals surface area (Å²) in [5.74, 6) is 1.16. The van der Waals surface area contributed by atoms with Crippen LogP contribution in [0.2, 0.25) is 0 Å². The molecule has 2 atom stereocenters. The van der Waals surface area contributed by atoms with Crippen molar-refractivity contribution in [2.24, 2.45) is 5.92 Å². The molecule has 0 bridgehead atoms. The van der Waals surface area contributed by atoms with E-state index in [2.05, 4.69) is 202 Å². The van der Waals surface area contributed by atoms with Gasteiger partial charge < -0.3 is 9.30 Å². The van der Waals surface area contributed by atoms with E-state index in [1.165, 1.54) is 97.7 Å². The summed E-state index contributed by atoms with van der Waals surface area (Å²) in [4.78, 5) is 0. The van der Waals surface area contributed by atoms with Gasteiger partial charge in [-0.25, -0.2) is 0 Å². The normalized spacial score (nSPS) is 19.0. The number of fused-ring (bicyclic) bond motifs is 11. The van der Waals surface area contributed by atoms with Crippen LogP contribution in [0.5, 0.6) is 0 Å². The molecule has 2 aromatic heterocycles. The predicted molar refractivity (Wildman–Crippen MR) is 246 cm³/mol. The second kappa shape index (κ2) is 12.0. The van der Waals surface area contributed by atoms with Gasteiger partial charge >= 0.3 is 0 Å². The zero-order valence-electron chi connectivity index (χ0n) is 33.0. The smallest absolute Gasteiger partial charge is 0.134 e. The lowest BCUT2D eigenvalue weighted by molar-refractivity contribution is 0.104. The second-order valence-corrected chi connectivity index (χ2v) is 18.2. The lowest BCUT2D eigenvalue weighted by Gasteiger charge is -2.29. The molecule has 3 heteroatoms. The van der Waals surface area contributed by atoms with Crippen LogP contribution in [0.25, 0.3) is 86.8 Å². The fraction of sp³-hybridized carbons (Fsp3) is 0.127. The van der Waals surface area contributed by atoms with Crippen molar-refractivity contribution in [3.63, 3.8) is 0 Å². The van der Waals surface area contributed by atoms with Gasteiger partial charge in [0.25, 0.3) is 0 Å². The van der Waals surface area contributed by atoms with Crippen LogP contribution in [-0.4, -0.2) is 10.2 Å². The van der Waals surface area contributed by atoms with Crippen molar-refractivity contribution in [2.75, 3.05) is 0 Å². The highest BCUT2D eigenvalue weighted by molar-refractivity contribution is 7.25. The summed E-state index contributed by atoms with van der Waals surface area (Å²) in [5, 5.41) is 5.22. The first-order valence-electron chi connectivity index (χ1n) is 20.4. The maximum absolute atomic E-state index is 6.76. The second-order valence-electron chi connectivity index (χ2n) is 17.1. The van der Waals surface area contributed by atoms with Crippen LogP contribution in [0.15, 0.2) is 175 Å². The average Bonchev–Trinajstić information content (AvgIpc) is 3.96. The van der Waals surface area contributed by atoms with E-state index >= 15 is 0 Å². The number of hydrogen-bond acceptors (Lipinski definition) is 2. The summed E-state index contributed by atoms with van der Waals surface area (Å²) in [5.41, 5.74) is 15.8. The van der Waals surface area contributed by atoms with Gasteiger partial charge in [-0.2, -0.15) is 0 Å². The minimum atomic E-state index is -0.368. The summed E-state index contributed by atoms with van der Waals surface area (Å²) in [6.45, 7) is 9.19. The molecule has 278 valence electrons. The fourth-order valence-corrected chi connectivity index (χ4v) is 11.3. The Hall–Kier alpha value is -6.42. The molecule has 2 unspecified atom stereocenters. The molecule has 0 saturated carbocycles. The van der Waals surface area contributed by atoms with E-state index in [4.69, 9.17) is 4.74 Å². The molecule has 3 aliphatic rings. The number of rotatable bonds is 4. The standard InChI is InChI=1S/C55H41NOS/c1-33-26-27-55(4)39(28-33)31-49(57-55)38-19-24-48-45(30-38)44-29-37(36-16-14-35(15-17-36)34-10-6-5-7-11-34)18-23-47(44)56(48)40-20-21-41-42-22-25-51-52(43-12-8-9-13-50(43)58-51)53(42)54(2,3)46(41)32-40/h5-32,39H,1-4H3. The van der Waals surface area contributed by atoms with E-state index in [1.54, 1.807) is 0 Å². The summed E-state index contributed by atoms with van der Waals surface area (Å²) >= 11 is 1.90. The highest BCUT2D eigenvalue weighted by Gasteiger charge is 2.40. The first-order valence-corrected chi connectivity index (χ1v) is 21.2. The lowest BCUT2D eigenvalue weighted by atomic mass is 9.80. The molecule has 12 rings (SSSR count). The maximum atomic E-state index is 6.76. The van der Waals surface area contributed by atoms with Crippen molar-refractivity contribution in [3.05, 3.63) is 192 Å². The Labute approximate surface area is 342 Å². The molecule has 7 aromatic carbocycles. The summed E-state index contributed by atoms with van der Waals surface area (Å²) in [6, 6.07) is 54.3. The zero-order chi connectivity index (χ0) is 38.9. The van der Waals surface area contributed by atoms with Crippen LogP contribution >= 0.6 is 11.3 Å². The van der Waals surface area contributed by atoms with Gasteiger partial charge in [0.1, 0.15) is 11.4 Å². The van der Waals surface area contributed by atoms with Crippen LogP contribution in [0.3, 0.4) is 0 Å². The Morgan fingerprint density at radius 3 is 2.02 bits per heavy atom. The SMILES string of the molecule is CC1=CC2C=C(c3ccc4c(c3)c3cc(-c5ccc(-c6ccccc6)cc5)ccc3n4-c3ccc4c(c3)C(C)(C)c3c-4ccc4sc5ccccc5c34)OC2(C)C=C1. The van der Waals surface area contributed by atoms with Crippen LogP contribution in [0.1, 0.15) is 44.4 Å². The van der Waals surface area contributed by atoms with E-state index in [-0.39, 0.29) is 16.9 Å². The quantitative estimate of drug-likeness (QED) is 0.174. The van der Waals surface area contributed by atoms with E-state index < -0.39 is 0 Å². The third kappa shape index (κ3) is 4.83. The van der Waals surface area contributed by atoms with Crippen molar-refractivity contribution in [3.8, 4) is 39.1 Å². The molecule has 0 amide bonds. The third-order valence-electron chi connectivity index (χ3n) is 13.2. The monoisotopic (exact) mass is 763 g/mol. The van der Waals surface area contributed by atoms with E-state index in [9.17, 15) is 0 Å². The van der Waals surface area contributed by atoms with Crippen molar-refractivity contribution < 1.29 is 4.74 Å². The number of allylic oxidation sites excluding steroid dienone is 2. The van der Waals surface area contributed by atoms with Crippen molar-refractivity contribution >= 4 is 59.1 Å². The van der Waals surface area contributed by atoms with Gasteiger partial charge in [-0.15, -0.1) is 11.3 Å². The number of aromatic nitrogens is 1. The predicted octanol–water partition coefficient (Wildman–Crippen LogP) is 15.1. The van der Waals surface area contributed by atoms with Crippen molar-refractivity contribution in [1.82, 2.24) is 4.57 Å². The number of thiophene rings is 1. The highest BCUT2D eigenvalue weighted by atomic mass is 32.1. The first-order chi connectivity index (χ1) is 28.2. The Morgan fingerprint density at radius 1 is 0.569 bits per heavy atom. The Balaban J connectivity index is 1.03. The molecule has 0 fully saturated rings. The van der Waals surface area contributed by atoms with Gasteiger partial charge in [-0.1, -0.05) is 123 Å². The van der Waals surface area contributed by atoms with Crippen LogP contribution in [0.4, 0.5) is 0 Å². The van der Waals surface area contributed by atoms with Crippen LogP contribution in [-0.2, 0) is 10.2 Å². The molecule has 3 heterocycles. The molecule has 0 spiro atoms. The van der Waals surface area contributed by atoms with Crippen LogP contribution in [0, 0.1) is 5.92 Å². The number of nitrogens with zero attached hydrogens (tertiary/aromatic N) is 1. The lowest BCUT2D eigenvalue weighted by Crippen LogP contribution is -2.30. The molecule has 9 aromatic rings. The fourth-order valence-electron chi connectivity index (χ4n) is 10.2. The molecular formula is C55H41NOS. The van der Waals surface area contributed by atoms with Gasteiger partial charge in [-0.3, -0.25) is 0 Å². The molecule has 0 saturated heterocycles. The largest absolute Gasteiger partial charge is 0.482 e. The summed E-state index contributed by atoms with van der Waals surface area (Å²) in [7, 11) is 0. The van der Waals surface area contributed by atoms with Crippen molar-refractivity contribution in [1.29, 1.82) is 0 Å². The minimum Gasteiger partial charge on any atom is -0.482 e.